The number of sulfonamides is 1. The van der Waals surface area contributed by atoms with Crippen LogP contribution in [0.5, 0.6) is 0 Å². The van der Waals surface area contributed by atoms with Gasteiger partial charge in [-0.2, -0.15) is 4.31 Å². The Morgan fingerprint density at radius 1 is 1.10 bits per heavy atom. The molecule has 1 aromatic carbocycles. The molecule has 1 saturated carbocycles. The normalized spacial score (nSPS) is 24.0. The third kappa shape index (κ3) is 5.93. The van der Waals surface area contributed by atoms with Crippen molar-refractivity contribution in [3.63, 3.8) is 0 Å². The van der Waals surface area contributed by atoms with Crippen molar-refractivity contribution < 1.29 is 22.8 Å². The lowest BCUT2D eigenvalue weighted by Crippen LogP contribution is -2.37. The van der Waals surface area contributed by atoms with Gasteiger partial charge in [0.1, 0.15) is 5.00 Å². The van der Waals surface area contributed by atoms with Crippen LogP contribution < -0.4 is 16.4 Å². The lowest BCUT2D eigenvalue weighted by atomic mass is 9.65. The molecule has 2 aliphatic heterocycles. The number of carbonyl (C=O) groups is 3. The zero-order valence-electron chi connectivity index (χ0n) is 24.1. The van der Waals surface area contributed by atoms with Gasteiger partial charge in [0.15, 0.2) is 0 Å². The number of carbonyl (C=O) groups excluding carboxylic acids is 3. The number of thiophene rings is 1. The van der Waals surface area contributed by atoms with Crippen molar-refractivity contribution in [2.24, 2.45) is 16.6 Å². The summed E-state index contributed by atoms with van der Waals surface area (Å²) in [6.07, 6.45) is 4.30. The maximum absolute atomic E-state index is 13.6. The van der Waals surface area contributed by atoms with E-state index in [4.69, 9.17) is 5.73 Å². The molecule has 10 nitrogen and oxygen atoms in total. The second-order valence-electron chi connectivity index (χ2n) is 12.8. The highest BCUT2D eigenvalue weighted by Crippen LogP contribution is 2.53. The second kappa shape index (κ2) is 10.8. The average Bonchev–Trinajstić information content (AvgIpc) is 3.36. The number of imide groups is 1. The number of nitrogens with two attached hydrogens (primary N) is 1. The minimum absolute atomic E-state index is 0.0280. The third-order valence-electron chi connectivity index (χ3n) is 8.46. The molecule has 5 rings (SSSR count). The highest BCUT2D eigenvalue weighted by Gasteiger charge is 2.53. The molecule has 2 aromatic rings. The Morgan fingerprint density at radius 2 is 1.80 bits per heavy atom. The molecule has 3 heterocycles. The molecule has 2 bridgehead atoms. The minimum atomic E-state index is -3.72. The van der Waals surface area contributed by atoms with E-state index in [1.165, 1.54) is 35.6 Å². The smallest absolute Gasteiger partial charge is 0.319 e. The first-order valence-electron chi connectivity index (χ1n) is 14.1. The highest BCUT2D eigenvalue weighted by atomic mass is 32.2. The predicted molar refractivity (Wildman–Crippen MR) is 158 cm³/mol. The number of rotatable bonds is 7. The summed E-state index contributed by atoms with van der Waals surface area (Å²) in [5, 5.41) is 5.30. The molecule has 41 heavy (non-hydrogen) atoms. The Morgan fingerprint density at radius 3 is 2.46 bits per heavy atom. The Bertz CT molecular complexity index is 1480. The van der Waals surface area contributed by atoms with Crippen molar-refractivity contribution in [3.05, 3.63) is 45.8 Å². The number of benzene rings is 1. The molecule has 4 amide bonds. The summed E-state index contributed by atoms with van der Waals surface area (Å²) in [6, 6.07) is 4.95. The summed E-state index contributed by atoms with van der Waals surface area (Å²) in [5.74, 6) is -1.12. The van der Waals surface area contributed by atoms with Gasteiger partial charge >= 0.3 is 6.03 Å². The first-order valence-corrected chi connectivity index (χ1v) is 16.4. The van der Waals surface area contributed by atoms with E-state index in [2.05, 4.69) is 43.2 Å². The Balaban J connectivity index is 1.36. The summed E-state index contributed by atoms with van der Waals surface area (Å²) in [6.45, 7) is 11.5. The van der Waals surface area contributed by atoms with Crippen LogP contribution in [0, 0.1) is 10.8 Å². The maximum atomic E-state index is 13.6. The van der Waals surface area contributed by atoms with Gasteiger partial charge in [-0.25, -0.2) is 13.2 Å². The second-order valence-corrected chi connectivity index (χ2v) is 15.8. The Kier molecular flexibility index (Phi) is 7.82. The number of nitrogens with zero attached hydrogens (tertiary/aromatic N) is 2. The standard InChI is InChI=1S/C29H39N5O5S2/c1-5-11-33-12-10-21-22(15-33)40-26(23(21)25(36)32-27(30)37)31-24(35)18-6-8-20(9-7-18)41(38,39)34-17-29(4)14-19(34)13-28(2,3)16-29/h6-9,19H,5,10-17H2,1-4H3,(H,31,35)(H3,30,32,36,37). The number of nitrogens with one attached hydrogen (secondary N) is 2. The molecular weight excluding hydrogens is 562 g/mol. The molecule has 12 heteroatoms. The molecule has 1 aromatic heterocycles. The Labute approximate surface area is 245 Å². The van der Waals surface area contributed by atoms with E-state index in [1.807, 2.05) is 0 Å². The van der Waals surface area contributed by atoms with E-state index in [0.29, 0.717) is 24.5 Å². The molecule has 0 spiro atoms. The number of hydrogen-bond acceptors (Lipinski definition) is 7. The van der Waals surface area contributed by atoms with Crippen LogP contribution in [0.1, 0.15) is 84.5 Å². The van der Waals surface area contributed by atoms with Gasteiger partial charge in [-0.05, 0) is 79.3 Å². The number of fused-ring (bicyclic) bond motifs is 3. The zero-order chi connectivity index (χ0) is 29.7. The van der Waals surface area contributed by atoms with Gasteiger partial charge < -0.3 is 11.1 Å². The van der Waals surface area contributed by atoms with Crippen molar-refractivity contribution in [1.82, 2.24) is 14.5 Å². The average molecular weight is 602 g/mol. The third-order valence-corrected chi connectivity index (χ3v) is 11.5. The minimum Gasteiger partial charge on any atom is -0.351 e. The molecule has 4 N–H and O–H groups in total. The van der Waals surface area contributed by atoms with Crippen molar-refractivity contribution in [2.45, 2.75) is 77.3 Å². The van der Waals surface area contributed by atoms with Gasteiger partial charge in [0.25, 0.3) is 11.8 Å². The molecule has 1 aliphatic carbocycles. The predicted octanol–water partition coefficient (Wildman–Crippen LogP) is 4.17. The molecular formula is C29H39N5O5S2. The topological polar surface area (TPSA) is 142 Å². The molecule has 2 unspecified atom stereocenters. The number of amides is 4. The van der Waals surface area contributed by atoms with Crippen molar-refractivity contribution >= 4 is 44.2 Å². The van der Waals surface area contributed by atoms with Gasteiger partial charge in [0.05, 0.1) is 10.5 Å². The SMILES string of the molecule is CCCN1CCc2c(sc(NC(=O)c3ccc(S(=O)(=O)N4CC5(C)CC4CC(C)(C)C5)cc3)c2C(=O)NC(N)=O)C1. The number of primary amides is 1. The molecule has 3 aliphatic rings. The summed E-state index contributed by atoms with van der Waals surface area (Å²) >= 11 is 1.31. The van der Waals surface area contributed by atoms with E-state index in [0.717, 1.165) is 49.2 Å². The lowest BCUT2D eigenvalue weighted by molar-refractivity contribution is 0.0965. The highest BCUT2D eigenvalue weighted by molar-refractivity contribution is 7.89. The number of anilines is 1. The van der Waals surface area contributed by atoms with Crippen LogP contribution >= 0.6 is 11.3 Å². The van der Waals surface area contributed by atoms with E-state index >= 15 is 0 Å². The Hall–Kier alpha value is -2.80. The maximum Gasteiger partial charge on any atom is 0.319 e. The van der Waals surface area contributed by atoms with Crippen LogP contribution in [0.3, 0.4) is 0 Å². The van der Waals surface area contributed by atoms with Gasteiger partial charge in [0.2, 0.25) is 10.0 Å². The lowest BCUT2D eigenvalue weighted by Gasteiger charge is -2.39. The van der Waals surface area contributed by atoms with Crippen molar-refractivity contribution in [2.75, 3.05) is 25.0 Å². The van der Waals surface area contributed by atoms with E-state index in [-0.39, 0.29) is 32.9 Å². The molecule has 0 radical (unpaired) electrons. The summed E-state index contributed by atoms with van der Waals surface area (Å²) in [4.78, 5) is 41.0. The first-order chi connectivity index (χ1) is 19.2. The van der Waals surface area contributed by atoms with Gasteiger partial charge in [0, 0.05) is 36.1 Å². The monoisotopic (exact) mass is 601 g/mol. The fourth-order valence-corrected chi connectivity index (χ4v) is 10.3. The van der Waals surface area contributed by atoms with Crippen LogP contribution in [0.15, 0.2) is 29.2 Å². The van der Waals surface area contributed by atoms with Crippen LogP contribution in [0.25, 0.3) is 0 Å². The molecule has 222 valence electrons. The van der Waals surface area contributed by atoms with Gasteiger partial charge in [-0.1, -0.05) is 27.7 Å². The zero-order valence-corrected chi connectivity index (χ0v) is 25.7. The van der Waals surface area contributed by atoms with Crippen LogP contribution in [-0.2, 0) is 23.0 Å². The number of hydrogen-bond donors (Lipinski definition) is 3. The quantitative estimate of drug-likeness (QED) is 0.435. The number of urea groups is 1. The first kappa shape index (κ1) is 29.7. The molecule has 2 atom stereocenters. The molecule has 1 saturated heterocycles. The van der Waals surface area contributed by atoms with Gasteiger partial charge in [-0.15, -0.1) is 11.3 Å². The fourth-order valence-electron chi connectivity index (χ4n) is 7.24. The summed E-state index contributed by atoms with van der Waals surface area (Å²) < 4.78 is 28.9. The van der Waals surface area contributed by atoms with Gasteiger partial charge in [-0.3, -0.25) is 19.8 Å². The van der Waals surface area contributed by atoms with E-state index in [1.54, 1.807) is 4.31 Å². The molecule has 2 fully saturated rings. The summed E-state index contributed by atoms with van der Waals surface area (Å²) in [7, 11) is -3.72. The fraction of sp³-hybridized carbons (Fsp3) is 0.552. The van der Waals surface area contributed by atoms with Crippen LogP contribution in [-0.4, -0.2) is 61.1 Å². The van der Waals surface area contributed by atoms with Crippen LogP contribution in [0.2, 0.25) is 0 Å². The summed E-state index contributed by atoms with van der Waals surface area (Å²) in [5.41, 5.74) is 6.59. The van der Waals surface area contributed by atoms with E-state index in [9.17, 15) is 22.8 Å². The van der Waals surface area contributed by atoms with E-state index < -0.39 is 27.9 Å². The van der Waals surface area contributed by atoms with Crippen molar-refractivity contribution in [3.8, 4) is 0 Å². The van der Waals surface area contributed by atoms with Crippen LogP contribution in [0.4, 0.5) is 9.80 Å². The van der Waals surface area contributed by atoms with Crippen molar-refractivity contribution in [1.29, 1.82) is 0 Å². The largest absolute Gasteiger partial charge is 0.351 e.